The minimum absolute atomic E-state index is 0.0413. The summed E-state index contributed by atoms with van der Waals surface area (Å²) in [5, 5.41) is 8.92. The van der Waals surface area contributed by atoms with Crippen molar-refractivity contribution in [2.45, 2.75) is 25.3 Å². The molecule has 1 saturated carbocycles. The first kappa shape index (κ1) is 8.81. The van der Waals surface area contributed by atoms with Crippen LogP contribution in [0.15, 0.2) is 0 Å². The van der Waals surface area contributed by atoms with E-state index in [0.29, 0.717) is 11.5 Å². The van der Waals surface area contributed by atoms with Gasteiger partial charge in [0.25, 0.3) is 0 Å². The first-order chi connectivity index (χ1) is 6.27. The number of urea groups is 1. The largest absolute Gasteiger partial charge is 0.341 e. The van der Waals surface area contributed by atoms with Crippen LogP contribution >= 0.6 is 0 Å². The number of piperidine rings is 1. The minimum Gasteiger partial charge on any atom is -0.341 e. The Balaban J connectivity index is 1.82. The lowest BCUT2D eigenvalue weighted by Crippen LogP contribution is -2.39. The van der Waals surface area contributed by atoms with Crippen LogP contribution < -0.4 is 16.0 Å². The molecule has 2 rings (SSSR count). The molecule has 4 nitrogen and oxygen atoms in total. The number of hydrogen-bond donors (Lipinski definition) is 3. The number of carbonyl (C=O) groups excluding carboxylic acids is 1. The molecule has 2 aliphatic rings. The van der Waals surface area contributed by atoms with E-state index in [2.05, 4.69) is 16.0 Å². The fourth-order valence-electron chi connectivity index (χ4n) is 2.26. The van der Waals surface area contributed by atoms with Gasteiger partial charge in [-0.1, -0.05) is 0 Å². The fourth-order valence-corrected chi connectivity index (χ4v) is 2.26. The zero-order valence-electron chi connectivity index (χ0n) is 8.02. The summed E-state index contributed by atoms with van der Waals surface area (Å²) >= 11 is 0. The quantitative estimate of drug-likeness (QED) is 0.538. The average molecular weight is 183 g/mol. The van der Waals surface area contributed by atoms with E-state index in [1.807, 2.05) is 0 Å². The second kappa shape index (κ2) is 3.18. The van der Waals surface area contributed by atoms with Gasteiger partial charge < -0.3 is 16.0 Å². The maximum Gasteiger partial charge on any atom is 0.314 e. The van der Waals surface area contributed by atoms with E-state index in [-0.39, 0.29) is 6.03 Å². The molecule has 1 unspecified atom stereocenters. The number of hydrogen-bond acceptors (Lipinski definition) is 2. The zero-order chi connectivity index (χ0) is 9.31. The van der Waals surface area contributed by atoms with Gasteiger partial charge in [0.05, 0.1) is 0 Å². The van der Waals surface area contributed by atoms with Crippen LogP contribution in [0.5, 0.6) is 0 Å². The first-order valence-corrected chi connectivity index (χ1v) is 4.96. The van der Waals surface area contributed by atoms with Crippen LogP contribution in [-0.4, -0.2) is 32.2 Å². The van der Waals surface area contributed by atoms with Gasteiger partial charge in [0.2, 0.25) is 0 Å². The van der Waals surface area contributed by atoms with Crippen molar-refractivity contribution in [1.29, 1.82) is 0 Å². The summed E-state index contributed by atoms with van der Waals surface area (Å²) < 4.78 is 0. The van der Waals surface area contributed by atoms with Gasteiger partial charge in [-0.05, 0) is 37.8 Å². The molecule has 1 heterocycles. The highest BCUT2D eigenvalue weighted by molar-refractivity contribution is 5.74. The summed E-state index contributed by atoms with van der Waals surface area (Å²) in [6, 6.07) is 0.384. The maximum absolute atomic E-state index is 11.1. The van der Waals surface area contributed by atoms with Gasteiger partial charge in [-0.15, -0.1) is 0 Å². The molecule has 13 heavy (non-hydrogen) atoms. The fraction of sp³-hybridized carbons (Fsp3) is 0.889. The second-order valence-corrected chi connectivity index (χ2v) is 4.09. The third-order valence-corrected chi connectivity index (χ3v) is 3.32. The van der Waals surface area contributed by atoms with Crippen LogP contribution in [0.4, 0.5) is 4.79 Å². The maximum atomic E-state index is 11.1. The van der Waals surface area contributed by atoms with Crippen molar-refractivity contribution < 1.29 is 4.79 Å². The molecule has 1 spiro atoms. The van der Waals surface area contributed by atoms with Crippen molar-refractivity contribution in [2.24, 2.45) is 5.41 Å². The number of rotatable bonds is 1. The molecule has 0 aromatic carbocycles. The molecule has 2 fully saturated rings. The molecular weight excluding hydrogens is 166 g/mol. The van der Waals surface area contributed by atoms with Gasteiger partial charge in [0.15, 0.2) is 0 Å². The van der Waals surface area contributed by atoms with Crippen LogP contribution in [0.3, 0.4) is 0 Å². The van der Waals surface area contributed by atoms with Crippen molar-refractivity contribution in [1.82, 2.24) is 16.0 Å². The Kier molecular flexibility index (Phi) is 2.15. The molecule has 1 aliphatic heterocycles. The van der Waals surface area contributed by atoms with E-state index in [4.69, 9.17) is 0 Å². The SMILES string of the molecule is CNC(=O)NC1CC12CCNCC2. The highest BCUT2D eigenvalue weighted by atomic mass is 16.2. The smallest absolute Gasteiger partial charge is 0.314 e. The van der Waals surface area contributed by atoms with E-state index >= 15 is 0 Å². The normalized spacial score (nSPS) is 29.8. The number of amides is 2. The standard InChI is InChI=1S/C9H17N3O/c1-10-8(13)12-7-6-9(7)2-4-11-5-3-9/h7,11H,2-6H2,1H3,(H2,10,12,13). The van der Waals surface area contributed by atoms with Crippen LogP contribution in [-0.2, 0) is 0 Å². The summed E-state index contributed by atoms with van der Waals surface area (Å²) in [6.45, 7) is 2.21. The van der Waals surface area contributed by atoms with Crippen molar-refractivity contribution in [3.8, 4) is 0 Å². The molecular formula is C9H17N3O. The van der Waals surface area contributed by atoms with Crippen molar-refractivity contribution in [2.75, 3.05) is 20.1 Å². The lowest BCUT2D eigenvalue weighted by Gasteiger charge is -2.23. The Labute approximate surface area is 78.5 Å². The molecule has 3 N–H and O–H groups in total. The predicted octanol–water partition coefficient (Wildman–Crippen LogP) is 0.0575. The Hall–Kier alpha value is -0.770. The van der Waals surface area contributed by atoms with E-state index in [0.717, 1.165) is 13.1 Å². The molecule has 2 amide bonds. The third kappa shape index (κ3) is 1.63. The Morgan fingerprint density at radius 2 is 2.15 bits per heavy atom. The van der Waals surface area contributed by atoms with Crippen LogP contribution in [0, 0.1) is 5.41 Å². The second-order valence-electron chi connectivity index (χ2n) is 4.09. The van der Waals surface area contributed by atoms with Crippen LogP contribution in [0.2, 0.25) is 0 Å². The molecule has 74 valence electrons. The molecule has 4 heteroatoms. The topological polar surface area (TPSA) is 53.2 Å². The average Bonchev–Trinajstić information content (AvgIpc) is 2.79. The van der Waals surface area contributed by atoms with Gasteiger partial charge in [0, 0.05) is 13.1 Å². The van der Waals surface area contributed by atoms with E-state index in [1.165, 1.54) is 19.3 Å². The van der Waals surface area contributed by atoms with Crippen molar-refractivity contribution >= 4 is 6.03 Å². The van der Waals surface area contributed by atoms with E-state index < -0.39 is 0 Å². The van der Waals surface area contributed by atoms with Crippen LogP contribution in [0.25, 0.3) is 0 Å². The molecule has 0 aromatic rings. The summed E-state index contributed by atoms with van der Waals surface area (Å²) in [7, 11) is 1.66. The van der Waals surface area contributed by atoms with Gasteiger partial charge in [-0.2, -0.15) is 0 Å². The Bertz CT molecular complexity index is 211. The molecule has 1 aliphatic carbocycles. The summed E-state index contributed by atoms with van der Waals surface area (Å²) in [4.78, 5) is 11.1. The molecule has 1 atom stereocenters. The van der Waals surface area contributed by atoms with E-state index in [1.54, 1.807) is 7.05 Å². The van der Waals surface area contributed by atoms with Crippen molar-refractivity contribution in [3.63, 3.8) is 0 Å². The third-order valence-electron chi connectivity index (χ3n) is 3.32. The van der Waals surface area contributed by atoms with E-state index in [9.17, 15) is 4.79 Å². The number of nitrogens with one attached hydrogen (secondary N) is 3. The lowest BCUT2D eigenvalue weighted by molar-refractivity contribution is 0.238. The van der Waals surface area contributed by atoms with Crippen molar-refractivity contribution in [3.05, 3.63) is 0 Å². The first-order valence-electron chi connectivity index (χ1n) is 4.96. The Morgan fingerprint density at radius 3 is 2.77 bits per heavy atom. The summed E-state index contributed by atoms with van der Waals surface area (Å²) in [5.74, 6) is 0. The van der Waals surface area contributed by atoms with Gasteiger partial charge in [0.1, 0.15) is 0 Å². The van der Waals surface area contributed by atoms with Crippen LogP contribution in [0.1, 0.15) is 19.3 Å². The Morgan fingerprint density at radius 1 is 1.46 bits per heavy atom. The predicted molar refractivity (Wildman–Crippen MR) is 50.5 cm³/mol. The minimum atomic E-state index is -0.0413. The van der Waals surface area contributed by atoms with Gasteiger partial charge in [-0.3, -0.25) is 0 Å². The summed E-state index contributed by atoms with van der Waals surface area (Å²) in [6.07, 6.45) is 3.59. The van der Waals surface area contributed by atoms with Gasteiger partial charge >= 0.3 is 6.03 Å². The monoisotopic (exact) mass is 183 g/mol. The molecule has 1 saturated heterocycles. The number of carbonyl (C=O) groups is 1. The van der Waals surface area contributed by atoms with Gasteiger partial charge in [-0.25, -0.2) is 4.79 Å². The lowest BCUT2D eigenvalue weighted by atomic mass is 9.94. The highest BCUT2D eigenvalue weighted by Crippen LogP contribution is 2.52. The zero-order valence-corrected chi connectivity index (χ0v) is 8.02. The highest BCUT2D eigenvalue weighted by Gasteiger charge is 2.54. The summed E-state index contributed by atoms with van der Waals surface area (Å²) in [5.41, 5.74) is 0.442. The molecule has 0 bridgehead atoms. The molecule has 0 radical (unpaired) electrons. The molecule has 0 aromatic heterocycles.